The first kappa shape index (κ1) is 21.3. The van der Waals surface area contributed by atoms with Crippen LogP contribution in [0.1, 0.15) is 11.1 Å². The summed E-state index contributed by atoms with van der Waals surface area (Å²) in [5.74, 6) is 1.31. The second kappa shape index (κ2) is 9.90. The summed E-state index contributed by atoms with van der Waals surface area (Å²) in [4.78, 5) is 9.56. The highest BCUT2D eigenvalue weighted by Crippen LogP contribution is 2.26. The van der Waals surface area contributed by atoms with Gasteiger partial charge in [0.15, 0.2) is 0 Å². The lowest BCUT2D eigenvalue weighted by Gasteiger charge is -2.34. The average Bonchev–Trinajstić information content (AvgIpc) is 2.82. The van der Waals surface area contributed by atoms with Crippen LogP contribution < -0.4 is 9.47 Å². The van der Waals surface area contributed by atoms with Gasteiger partial charge in [-0.25, -0.2) is 9.37 Å². The van der Waals surface area contributed by atoms with Crippen LogP contribution in [0.3, 0.4) is 0 Å². The first-order chi connectivity index (χ1) is 15.1. The van der Waals surface area contributed by atoms with Crippen molar-refractivity contribution in [3.63, 3.8) is 0 Å². The van der Waals surface area contributed by atoms with Gasteiger partial charge in [-0.3, -0.25) is 9.80 Å². The van der Waals surface area contributed by atoms with Crippen LogP contribution in [0, 0.1) is 5.82 Å². The lowest BCUT2D eigenvalue weighted by atomic mass is 10.1. The number of hydrogen-bond donors (Lipinski definition) is 0. The smallest absolute Gasteiger partial charge is 0.218 e. The first-order valence-electron chi connectivity index (χ1n) is 10.5. The highest BCUT2D eigenvalue weighted by molar-refractivity contribution is 5.61. The van der Waals surface area contributed by atoms with E-state index < -0.39 is 0 Å². The highest BCUT2D eigenvalue weighted by atomic mass is 19.1. The van der Waals surface area contributed by atoms with Crippen LogP contribution in [-0.4, -0.2) is 55.2 Å². The summed E-state index contributed by atoms with van der Waals surface area (Å²) in [6.45, 7) is 5.59. The summed E-state index contributed by atoms with van der Waals surface area (Å²) >= 11 is 0. The van der Waals surface area contributed by atoms with Crippen LogP contribution in [0.2, 0.25) is 0 Å². The van der Waals surface area contributed by atoms with Gasteiger partial charge in [-0.05, 0) is 48.0 Å². The molecule has 4 rings (SSSR count). The molecule has 162 valence electrons. The Bertz CT molecular complexity index is 985. The molecule has 0 aliphatic carbocycles. The third-order valence-corrected chi connectivity index (χ3v) is 5.70. The van der Waals surface area contributed by atoms with Gasteiger partial charge in [0.1, 0.15) is 11.6 Å². The second-order valence-electron chi connectivity index (χ2n) is 7.77. The molecule has 0 atom stereocenters. The summed E-state index contributed by atoms with van der Waals surface area (Å²) in [6.07, 6.45) is 0. The maximum atomic E-state index is 13.1. The number of benzene rings is 2. The van der Waals surface area contributed by atoms with Gasteiger partial charge < -0.3 is 9.47 Å². The SMILES string of the molecule is COc1ccc(-c2ccc(CN3CCN(Cc4ccc(F)cc4)CC3)c(OC)n2)cc1. The van der Waals surface area contributed by atoms with Crippen molar-refractivity contribution in [1.29, 1.82) is 0 Å². The number of rotatable bonds is 7. The van der Waals surface area contributed by atoms with E-state index in [0.717, 1.165) is 67.4 Å². The van der Waals surface area contributed by atoms with E-state index in [1.807, 2.05) is 42.5 Å². The molecule has 2 aromatic carbocycles. The van der Waals surface area contributed by atoms with Gasteiger partial charge in [0, 0.05) is 50.4 Å². The van der Waals surface area contributed by atoms with E-state index in [1.165, 1.54) is 12.1 Å². The van der Waals surface area contributed by atoms with Crippen LogP contribution in [-0.2, 0) is 13.1 Å². The van der Waals surface area contributed by atoms with Crippen molar-refractivity contribution >= 4 is 0 Å². The lowest BCUT2D eigenvalue weighted by molar-refractivity contribution is 0.121. The quantitative estimate of drug-likeness (QED) is 0.571. The average molecular weight is 422 g/mol. The summed E-state index contributed by atoms with van der Waals surface area (Å²) in [7, 11) is 3.33. The Morgan fingerprint density at radius 3 is 2.03 bits per heavy atom. The zero-order chi connectivity index (χ0) is 21.6. The molecule has 0 unspecified atom stereocenters. The fourth-order valence-electron chi connectivity index (χ4n) is 3.88. The van der Waals surface area contributed by atoms with E-state index in [-0.39, 0.29) is 5.82 Å². The van der Waals surface area contributed by atoms with E-state index in [4.69, 9.17) is 14.5 Å². The van der Waals surface area contributed by atoms with Crippen LogP contribution in [0.15, 0.2) is 60.7 Å². The van der Waals surface area contributed by atoms with Crippen molar-refractivity contribution in [2.24, 2.45) is 0 Å². The minimum Gasteiger partial charge on any atom is -0.497 e. The van der Waals surface area contributed by atoms with E-state index in [2.05, 4.69) is 15.9 Å². The number of halogens is 1. The van der Waals surface area contributed by atoms with Gasteiger partial charge in [0.05, 0.1) is 19.9 Å². The fourth-order valence-corrected chi connectivity index (χ4v) is 3.88. The van der Waals surface area contributed by atoms with Gasteiger partial charge in [-0.15, -0.1) is 0 Å². The fraction of sp³-hybridized carbons (Fsp3) is 0.320. The number of piperazine rings is 1. The predicted octanol–water partition coefficient (Wildman–Crippen LogP) is 4.22. The van der Waals surface area contributed by atoms with Crippen molar-refractivity contribution < 1.29 is 13.9 Å². The second-order valence-corrected chi connectivity index (χ2v) is 7.77. The number of methoxy groups -OCH3 is 2. The van der Waals surface area contributed by atoms with Gasteiger partial charge in [-0.2, -0.15) is 0 Å². The molecule has 0 N–H and O–H groups in total. The monoisotopic (exact) mass is 421 g/mol. The molecule has 1 aromatic heterocycles. The summed E-state index contributed by atoms with van der Waals surface area (Å²) < 4.78 is 23.9. The maximum absolute atomic E-state index is 13.1. The van der Waals surface area contributed by atoms with Gasteiger partial charge in [0.2, 0.25) is 5.88 Å². The normalized spacial score (nSPS) is 15.1. The maximum Gasteiger partial charge on any atom is 0.218 e. The Hall–Kier alpha value is -2.96. The van der Waals surface area contributed by atoms with E-state index in [1.54, 1.807) is 14.2 Å². The zero-order valence-electron chi connectivity index (χ0n) is 18.1. The van der Waals surface area contributed by atoms with Crippen molar-refractivity contribution in [2.45, 2.75) is 13.1 Å². The summed E-state index contributed by atoms with van der Waals surface area (Å²) in [6, 6.07) is 18.8. The molecule has 0 saturated carbocycles. The van der Waals surface area contributed by atoms with Gasteiger partial charge >= 0.3 is 0 Å². The third kappa shape index (κ3) is 5.40. The van der Waals surface area contributed by atoms with Gasteiger partial charge in [0.25, 0.3) is 0 Å². The van der Waals surface area contributed by atoms with E-state index >= 15 is 0 Å². The highest BCUT2D eigenvalue weighted by Gasteiger charge is 2.19. The Morgan fingerprint density at radius 2 is 1.42 bits per heavy atom. The Labute approximate surface area is 183 Å². The number of nitrogens with zero attached hydrogens (tertiary/aromatic N) is 3. The van der Waals surface area contributed by atoms with E-state index in [9.17, 15) is 4.39 Å². The molecule has 6 heteroatoms. The van der Waals surface area contributed by atoms with Crippen molar-refractivity contribution in [1.82, 2.24) is 14.8 Å². The Kier molecular flexibility index (Phi) is 6.79. The van der Waals surface area contributed by atoms with Gasteiger partial charge in [-0.1, -0.05) is 18.2 Å². The number of ether oxygens (including phenoxy) is 2. The molecule has 1 fully saturated rings. The molecular weight excluding hydrogens is 393 g/mol. The number of aromatic nitrogens is 1. The predicted molar refractivity (Wildman–Crippen MR) is 120 cm³/mol. The number of pyridine rings is 1. The van der Waals surface area contributed by atoms with Crippen LogP contribution in [0.25, 0.3) is 11.3 Å². The number of hydrogen-bond acceptors (Lipinski definition) is 5. The molecule has 1 aliphatic rings. The minimum atomic E-state index is -0.186. The van der Waals surface area contributed by atoms with Crippen molar-refractivity contribution in [2.75, 3.05) is 40.4 Å². The molecule has 0 amide bonds. The standard InChI is InChI=1S/C25H28FN3O2/c1-30-23-10-5-20(6-11-23)24-12-7-21(25(27-24)31-2)18-29-15-13-28(14-16-29)17-19-3-8-22(26)9-4-19/h3-12H,13-18H2,1-2H3. The molecule has 2 heterocycles. The topological polar surface area (TPSA) is 37.8 Å². The third-order valence-electron chi connectivity index (χ3n) is 5.70. The largest absolute Gasteiger partial charge is 0.497 e. The van der Waals surface area contributed by atoms with Crippen molar-refractivity contribution in [3.05, 3.63) is 77.6 Å². The van der Waals surface area contributed by atoms with Crippen molar-refractivity contribution in [3.8, 4) is 22.9 Å². The lowest BCUT2D eigenvalue weighted by Crippen LogP contribution is -2.45. The molecule has 3 aromatic rings. The molecule has 5 nitrogen and oxygen atoms in total. The Balaban J connectivity index is 1.36. The zero-order valence-corrected chi connectivity index (χ0v) is 18.1. The Morgan fingerprint density at radius 1 is 0.774 bits per heavy atom. The minimum absolute atomic E-state index is 0.186. The molecule has 1 saturated heterocycles. The van der Waals surface area contributed by atoms with E-state index in [0.29, 0.717) is 5.88 Å². The molecule has 0 radical (unpaired) electrons. The molecule has 0 spiro atoms. The summed E-state index contributed by atoms with van der Waals surface area (Å²) in [5.41, 5.74) is 4.15. The molecular formula is C25H28FN3O2. The van der Waals surface area contributed by atoms with Crippen LogP contribution in [0.4, 0.5) is 4.39 Å². The molecule has 31 heavy (non-hydrogen) atoms. The van der Waals surface area contributed by atoms with Crippen LogP contribution >= 0.6 is 0 Å². The molecule has 1 aliphatic heterocycles. The summed E-state index contributed by atoms with van der Waals surface area (Å²) in [5, 5.41) is 0. The molecule has 0 bridgehead atoms. The van der Waals surface area contributed by atoms with Crippen LogP contribution in [0.5, 0.6) is 11.6 Å². The first-order valence-corrected chi connectivity index (χ1v) is 10.5.